The van der Waals surface area contributed by atoms with E-state index in [9.17, 15) is 4.39 Å². The lowest BCUT2D eigenvalue weighted by molar-refractivity contribution is 0.392. The largest absolute Gasteiger partial charge is 0.497 e. The lowest BCUT2D eigenvalue weighted by Crippen LogP contribution is -2.03. The van der Waals surface area contributed by atoms with Crippen LogP contribution in [-0.2, 0) is 6.54 Å². The lowest BCUT2D eigenvalue weighted by atomic mass is 10.2. The van der Waals surface area contributed by atoms with Gasteiger partial charge in [0.15, 0.2) is 0 Å². The van der Waals surface area contributed by atoms with Crippen molar-refractivity contribution in [3.8, 4) is 5.75 Å². The van der Waals surface area contributed by atoms with Gasteiger partial charge in [0.05, 0.1) is 18.5 Å². The minimum Gasteiger partial charge on any atom is -0.497 e. The maximum Gasteiger partial charge on any atom is 0.146 e. The second kappa shape index (κ2) is 5.08. The summed E-state index contributed by atoms with van der Waals surface area (Å²) in [6.45, 7) is 4.15. The van der Waals surface area contributed by atoms with E-state index in [1.54, 1.807) is 19.2 Å². The summed E-state index contributed by atoms with van der Waals surface area (Å²) in [7, 11) is 1.55. The molecule has 96 valence electrons. The number of aromatic nitrogens is 1. The Kier molecular flexibility index (Phi) is 3.50. The Morgan fingerprint density at radius 3 is 2.78 bits per heavy atom. The molecule has 5 heteroatoms. The molecule has 0 spiro atoms. The van der Waals surface area contributed by atoms with E-state index in [0.717, 1.165) is 17.0 Å². The summed E-state index contributed by atoms with van der Waals surface area (Å²) in [6, 6.07) is 4.57. The molecule has 1 N–H and O–H groups in total. The number of benzene rings is 1. The number of aryl methyl sites for hydroxylation is 2. The number of ether oxygens (including phenoxy) is 1. The van der Waals surface area contributed by atoms with Crippen LogP contribution in [0.5, 0.6) is 5.75 Å². The van der Waals surface area contributed by atoms with Crippen LogP contribution in [0.3, 0.4) is 0 Å². The number of hydrogen-bond donors (Lipinski definition) is 1. The molecular weight excluding hydrogens is 235 g/mol. The molecule has 0 aliphatic carbocycles. The molecular formula is C13H15FN2O2. The molecule has 0 radical (unpaired) electrons. The molecule has 0 amide bonds. The van der Waals surface area contributed by atoms with Gasteiger partial charge in [-0.15, -0.1) is 0 Å². The van der Waals surface area contributed by atoms with Crippen LogP contribution in [0.25, 0.3) is 0 Å². The molecule has 0 saturated heterocycles. The molecule has 0 unspecified atom stereocenters. The van der Waals surface area contributed by atoms with E-state index in [4.69, 9.17) is 9.26 Å². The summed E-state index contributed by atoms with van der Waals surface area (Å²) in [5, 5.41) is 6.87. The van der Waals surface area contributed by atoms with Gasteiger partial charge in [-0.05, 0) is 26.0 Å². The summed E-state index contributed by atoms with van der Waals surface area (Å²) < 4.78 is 23.7. The highest BCUT2D eigenvalue weighted by atomic mass is 19.1. The van der Waals surface area contributed by atoms with Gasteiger partial charge in [0.2, 0.25) is 0 Å². The number of hydrogen-bond acceptors (Lipinski definition) is 4. The van der Waals surface area contributed by atoms with Gasteiger partial charge >= 0.3 is 0 Å². The lowest BCUT2D eigenvalue weighted by Gasteiger charge is -2.09. The number of halogens is 1. The van der Waals surface area contributed by atoms with E-state index in [-0.39, 0.29) is 5.82 Å². The van der Waals surface area contributed by atoms with Crippen molar-refractivity contribution in [1.82, 2.24) is 5.16 Å². The highest BCUT2D eigenvalue weighted by molar-refractivity contribution is 5.50. The molecule has 2 rings (SSSR count). The van der Waals surface area contributed by atoms with Crippen molar-refractivity contribution in [2.75, 3.05) is 12.4 Å². The van der Waals surface area contributed by atoms with Gasteiger partial charge in [-0.25, -0.2) is 4.39 Å². The van der Waals surface area contributed by atoms with E-state index >= 15 is 0 Å². The van der Waals surface area contributed by atoms with Gasteiger partial charge in [-0.1, -0.05) is 5.16 Å². The molecule has 2 aromatic rings. The fourth-order valence-electron chi connectivity index (χ4n) is 1.70. The summed E-state index contributed by atoms with van der Waals surface area (Å²) >= 11 is 0. The fraction of sp³-hybridized carbons (Fsp3) is 0.308. The van der Waals surface area contributed by atoms with Crippen molar-refractivity contribution in [3.63, 3.8) is 0 Å². The average molecular weight is 250 g/mol. The molecule has 1 aromatic carbocycles. The molecule has 1 aromatic heterocycles. The first-order chi connectivity index (χ1) is 8.61. The first-order valence-electron chi connectivity index (χ1n) is 5.61. The Morgan fingerprint density at radius 2 is 2.17 bits per heavy atom. The van der Waals surface area contributed by atoms with E-state index < -0.39 is 0 Å². The molecule has 0 fully saturated rings. The SMILES string of the molecule is COc1ccc(F)c(NCc2c(C)noc2C)c1. The summed E-state index contributed by atoms with van der Waals surface area (Å²) in [5.41, 5.74) is 2.15. The Bertz CT molecular complexity index is 532. The summed E-state index contributed by atoms with van der Waals surface area (Å²) in [6.07, 6.45) is 0. The third kappa shape index (κ3) is 2.45. The van der Waals surface area contributed by atoms with Crippen LogP contribution < -0.4 is 10.1 Å². The van der Waals surface area contributed by atoms with Gasteiger partial charge in [0.25, 0.3) is 0 Å². The van der Waals surface area contributed by atoms with Crippen molar-refractivity contribution >= 4 is 5.69 Å². The standard InChI is InChI=1S/C13H15FN2O2/c1-8-11(9(2)18-16-8)7-15-13-6-10(17-3)4-5-12(13)14/h4-6,15H,7H2,1-3H3. The molecule has 4 nitrogen and oxygen atoms in total. The van der Waals surface area contributed by atoms with E-state index in [1.807, 2.05) is 13.8 Å². The number of rotatable bonds is 4. The minimum atomic E-state index is -0.317. The highest BCUT2D eigenvalue weighted by Crippen LogP contribution is 2.22. The quantitative estimate of drug-likeness (QED) is 0.906. The average Bonchev–Trinajstić information content (AvgIpc) is 2.68. The molecule has 0 aliphatic rings. The van der Waals surface area contributed by atoms with E-state index in [0.29, 0.717) is 18.0 Å². The van der Waals surface area contributed by atoms with Crippen molar-refractivity contribution in [2.24, 2.45) is 0 Å². The number of anilines is 1. The Balaban J connectivity index is 2.15. The van der Waals surface area contributed by atoms with Gasteiger partial charge in [-0.2, -0.15) is 0 Å². The van der Waals surface area contributed by atoms with Crippen molar-refractivity contribution in [2.45, 2.75) is 20.4 Å². The second-order valence-electron chi connectivity index (χ2n) is 4.00. The molecule has 0 bridgehead atoms. The second-order valence-corrected chi connectivity index (χ2v) is 4.00. The van der Waals surface area contributed by atoms with Crippen LogP contribution in [0.15, 0.2) is 22.7 Å². The molecule has 18 heavy (non-hydrogen) atoms. The van der Waals surface area contributed by atoms with E-state index in [1.165, 1.54) is 6.07 Å². The van der Waals surface area contributed by atoms with Gasteiger partial charge in [0, 0.05) is 18.2 Å². The van der Waals surface area contributed by atoms with Crippen LogP contribution in [0.4, 0.5) is 10.1 Å². The number of nitrogens with zero attached hydrogens (tertiary/aromatic N) is 1. The number of methoxy groups -OCH3 is 1. The molecule has 0 aliphatic heterocycles. The highest BCUT2D eigenvalue weighted by Gasteiger charge is 2.10. The Labute approximate surface area is 105 Å². The van der Waals surface area contributed by atoms with Crippen LogP contribution in [0.1, 0.15) is 17.0 Å². The normalized spacial score (nSPS) is 10.4. The fourth-order valence-corrected chi connectivity index (χ4v) is 1.70. The maximum absolute atomic E-state index is 13.6. The van der Waals surface area contributed by atoms with Crippen molar-refractivity contribution in [1.29, 1.82) is 0 Å². The summed E-state index contributed by atoms with van der Waals surface area (Å²) in [5.74, 6) is 1.03. The zero-order valence-corrected chi connectivity index (χ0v) is 10.6. The van der Waals surface area contributed by atoms with Crippen LogP contribution in [-0.4, -0.2) is 12.3 Å². The first kappa shape index (κ1) is 12.4. The molecule has 1 heterocycles. The van der Waals surface area contributed by atoms with Gasteiger partial charge in [0.1, 0.15) is 17.3 Å². The zero-order valence-electron chi connectivity index (χ0n) is 10.6. The Hall–Kier alpha value is -2.04. The van der Waals surface area contributed by atoms with Crippen LogP contribution in [0, 0.1) is 19.7 Å². The van der Waals surface area contributed by atoms with Crippen molar-refractivity contribution < 1.29 is 13.7 Å². The Morgan fingerprint density at radius 1 is 1.39 bits per heavy atom. The third-order valence-electron chi connectivity index (χ3n) is 2.81. The summed E-state index contributed by atoms with van der Waals surface area (Å²) in [4.78, 5) is 0. The van der Waals surface area contributed by atoms with Crippen LogP contribution in [0.2, 0.25) is 0 Å². The predicted octanol–water partition coefficient (Wildman–Crippen LogP) is 3.05. The third-order valence-corrected chi connectivity index (χ3v) is 2.81. The zero-order chi connectivity index (χ0) is 13.1. The van der Waals surface area contributed by atoms with Gasteiger partial charge in [-0.3, -0.25) is 0 Å². The molecule has 0 saturated carbocycles. The van der Waals surface area contributed by atoms with E-state index in [2.05, 4.69) is 10.5 Å². The monoisotopic (exact) mass is 250 g/mol. The van der Waals surface area contributed by atoms with Crippen LogP contribution >= 0.6 is 0 Å². The molecule has 0 atom stereocenters. The predicted molar refractivity (Wildman–Crippen MR) is 66.3 cm³/mol. The number of nitrogens with one attached hydrogen (secondary N) is 1. The van der Waals surface area contributed by atoms with Crippen molar-refractivity contribution in [3.05, 3.63) is 41.0 Å². The van der Waals surface area contributed by atoms with Gasteiger partial charge < -0.3 is 14.6 Å². The topological polar surface area (TPSA) is 47.3 Å². The smallest absolute Gasteiger partial charge is 0.146 e. The maximum atomic E-state index is 13.6. The first-order valence-corrected chi connectivity index (χ1v) is 5.61. The minimum absolute atomic E-state index is 0.317.